The van der Waals surface area contributed by atoms with Crippen molar-refractivity contribution in [3.8, 4) is 0 Å². The zero-order valence-electron chi connectivity index (χ0n) is 16.5. The largest absolute Gasteiger partial charge is 0.349 e. The molecule has 0 fully saturated rings. The van der Waals surface area contributed by atoms with E-state index in [1.807, 2.05) is 0 Å². The van der Waals surface area contributed by atoms with Gasteiger partial charge in [-0.05, 0) is 57.5 Å². The second kappa shape index (κ2) is 9.19. The number of halogens is 3. The lowest BCUT2D eigenvalue weighted by Gasteiger charge is -2.21. The third-order valence-corrected chi connectivity index (χ3v) is 6.90. The van der Waals surface area contributed by atoms with Crippen molar-refractivity contribution in [3.05, 3.63) is 64.2 Å². The fourth-order valence-corrected chi connectivity index (χ4v) is 4.27. The van der Waals surface area contributed by atoms with E-state index >= 15 is 0 Å². The maximum Gasteiger partial charge on any atom is 0.253 e. The molecule has 0 heterocycles. The van der Waals surface area contributed by atoms with Crippen molar-refractivity contribution in [3.63, 3.8) is 0 Å². The summed E-state index contributed by atoms with van der Waals surface area (Å²) in [5, 5.41) is 2.67. The Balaban J connectivity index is 2.25. The van der Waals surface area contributed by atoms with E-state index in [0.717, 1.165) is 12.1 Å². The molecule has 5 nitrogen and oxygen atoms in total. The van der Waals surface area contributed by atoms with Crippen LogP contribution in [0.4, 0.5) is 8.78 Å². The quantitative estimate of drug-likeness (QED) is 0.701. The summed E-state index contributed by atoms with van der Waals surface area (Å²) in [5.74, 6) is -2.04. The van der Waals surface area contributed by atoms with Crippen molar-refractivity contribution in [1.29, 1.82) is 0 Å². The van der Waals surface area contributed by atoms with E-state index in [0.29, 0.717) is 0 Å². The Labute approximate surface area is 174 Å². The van der Waals surface area contributed by atoms with Crippen LogP contribution in [0, 0.1) is 11.6 Å². The summed E-state index contributed by atoms with van der Waals surface area (Å²) in [4.78, 5) is 12.6. The maximum absolute atomic E-state index is 13.8. The topological polar surface area (TPSA) is 66.5 Å². The molecular weight excluding hydrogens is 422 g/mol. The molecule has 0 bridgehead atoms. The first-order valence-electron chi connectivity index (χ1n) is 8.96. The van der Waals surface area contributed by atoms with E-state index in [9.17, 15) is 22.0 Å². The third-order valence-electron chi connectivity index (χ3n) is 4.54. The highest BCUT2D eigenvalue weighted by atomic mass is 35.5. The molecule has 2 aromatic carbocycles. The Morgan fingerprint density at radius 1 is 1.14 bits per heavy atom. The molecule has 158 valence electrons. The third kappa shape index (κ3) is 5.32. The molecule has 0 aliphatic heterocycles. The Kier molecular flexibility index (Phi) is 7.37. The van der Waals surface area contributed by atoms with Crippen molar-refractivity contribution in [2.45, 2.75) is 44.2 Å². The van der Waals surface area contributed by atoms with Gasteiger partial charge in [-0.15, -0.1) is 0 Å². The maximum atomic E-state index is 13.8. The summed E-state index contributed by atoms with van der Waals surface area (Å²) in [6.45, 7) is 5.04. The van der Waals surface area contributed by atoms with Crippen molar-refractivity contribution in [2.24, 2.45) is 0 Å². The minimum absolute atomic E-state index is 0.0363. The van der Waals surface area contributed by atoms with E-state index in [2.05, 4.69) is 5.32 Å². The van der Waals surface area contributed by atoms with Crippen LogP contribution in [0.25, 0.3) is 0 Å². The summed E-state index contributed by atoms with van der Waals surface area (Å²) < 4.78 is 54.1. The van der Waals surface area contributed by atoms with Crippen LogP contribution in [-0.2, 0) is 16.4 Å². The van der Waals surface area contributed by atoms with E-state index in [4.69, 9.17) is 11.6 Å². The normalized spacial score (nSPS) is 13.0. The molecule has 1 N–H and O–H groups in total. The van der Waals surface area contributed by atoms with Gasteiger partial charge >= 0.3 is 0 Å². The summed E-state index contributed by atoms with van der Waals surface area (Å²) in [6.07, 6.45) is -0.0735. The number of carbonyl (C=O) groups excluding carboxylic acids is 1. The first-order chi connectivity index (χ1) is 13.4. The number of carbonyl (C=O) groups is 1. The summed E-state index contributed by atoms with van der Waals surface area (Å²) in [5.41, 5.74) is -0.174. The van der Waals surface area contributed by atoms with Crippen molar-refractivity contribution in [2.75, 3.05) is 7.05 Å². The molecular formula is C20H23ClF2N2O3S. The van der Waals surface area contributed by atoms with Gasteiger partial charge in [0.1, 0.15) is 11.6 Å². The number of nitrogens with zero attached hydrogens (tertiary/aromatic N) is 1. The van der Waals surface area contributed by atoms with Crippen LogP contribution >= 0.6 is 11.6 Å². The lowest BCUT2D eigenvalue weighted by Crippen LogP contribution is -2.35. The fourth-order valence-electron chi connectivity index (χ4n) is 2.67. The molecule has 1 atom stereocenters. The highest BCUT2D eigenvalue weighted by molar-refractivity contribution is 7.89. The van der Waals surface area contributed by atoms with Crippen molar-refractivity contribution in [1.82, 2.24) is 9.62 Å². The minimum Gasteiger partial charge on any atom is -0.349 e. The molecule has 9 heteroatoms. The molecule has 0 saturated heterocycles. The van der Waals surface area contributed by atoms with Crippen LogP contribution in [0.1, 0.15) is 36.7 Å². The van der Waals surface area contributed by atoms with Gasteiger partial charge in [0.05, 0.1) is 15.5 Å². The van der Waals surface area contributed by atoms with Gasteiger partial charge in [-0.2, -0.15) is 4.31 Å². The zero-order chi connectivity index (χ0) is 21.9. The van der Waals surface area contributed by atoms with Gasteiger partial charge in [-0.1, -0.05) is 17.7 Å². The number of hydrogen-bond donors (Lipinski definition) is 1. The van der Waals surface area contributed by atoms with Gasteiger partial charge in [0, 0.05) is 24.7 Å². The monoisotopic (exact) mass is 444 g/mol. The molecule has 29 heavy (non-hydrogen) atoms. The zero-order valence-corrected chi connectivity index (χ0v) is 18.1. The summed E-state index contributed by atoms with van der Waals surface area (Å²) >= 11 is 6.09. The summed E-state index contributed by atoms with van der Waals surface area (Å²) in [6, 6.07) is 6.50. The average Bonchev–Trinajstić information content (AvgIpc) is 2.64. The predicted molar refractivity (Wildman–Crippen MR) is 109 cm³/mol. The Morgan fingerprint density at radius 2 is 1.72 bits per heavy atom. The van der Waals surface area contributed by atoms with Gasteiger partial charge < -0.3 is 5.32 Å². The Bertz CT molecular complexity index is 993. The molecule has 2 rings (SSSR count). The molecule has 0 radical (unpaired) electrons. The molecule has 0 aromatic heterocycles. The van der Waals surface area contributed by atoms with Gasteiger partial charge in [0.2, 0.25) is 10.0 Å². The fraction of sp³-hybridized carbons (Fsp3) is 0.350. The molecule has 1 amide bonds. The number of nitrogens with one attached hydrogen (secondary N) is 1. The van der Waals surface area contributed by atoms with Crippen LogP contribution in [0.3, 0.4) is 0 Å². The van der Waals surface area contributed by atoms with Gasteiger partial charge in [0.15, 0.2) is 0 Å². The predicted octanol–water partition coefficient (Wildman–Crippen LogP) is 4.01. The number of amides is 1. The first kappa shape index (κ1) is 23.3. The molecule has 0 saturated carbocycles. The molecule has 0 aliphatic rings. The Hall–Kier alpha value is -2.03. The molecule has 2 aromatic rings. The molecule has 0 aliphatic carbocycles. The smallest absolute Gasteiger partial charge is 0.253 e. The SMILES string of the molecule is CC(C)N(C)S(=O)(=O)c1ccc(Cl)c(C(=O)N[C@@H](C)Cc2c(F)cccc2F)c1. The summed E-state index contributed by atoms with van der Waals surface area (Å²) in [7, 11) is -2.36. The van der Waals surface area contributed by atoms with Crippen LogP contribution in [0.2, 0.25) is 5.02 Å². The first-order valence-corrected chi connectivity index (χ1v) is 10.8. The van der Waals surface area contributed by atoms with Crippen LogP contribution in [-0.4, -0.2) is 37.8 Å². The van der Waals surface area contributed by atoms with E-state index in [-0.39, 0.29) is 33.5 Å². The van der Waals surface area contributed by atoms with E-state index < -0.39 is 33.6 Å². The van der Waals surface area contributed by atoms with Crippen molar-refractivity contribution >= 4 is 27.5 Å². The number of rotatable bonds is 7. The van der Waals surface area contributed by atoms with Crippen LogP contribution in [0.5, 0.6) is 0 Å². The number of hydrogen-bond acceptors (Lipinski definition) is 3. The highest BCUT2D eigenvalue weighted by Crippen LogP contribution is 2.24. The second-order valence-corrected chi connectivity index (χ2v) is 9.44. The second-order valence-electron chi connectivity index (χ2n) is 7.04. The average molecular weight is 445 g/mol. The van der Waals surface area contributed by atoms with Gasteiger partial charge in [-0.25, -0.2) is 17.2 Å². The van der Waals surface area contributed by atoms with E-state index in [1.54, 1.807) is 20.8 Å². The lowest BCUT2D eigenvalue weighted by atomic mass is 10.1. The van der Waals surface area contributed by atoms with Crippen molar-refractivity contribution < 1.29 is 22.0 Å². The molecule has 0 unspecified atom stereocenters. The molecule has 0 spiro atoms. The lowest BCUT2D eigenvalue weighted by molar-refractivity contribution is 0.0939. The number of sulfonamides is 1. The van der Waals surface area contributed by atoms with Crippen LogP contribution in [0.15, 0.2) is 41.3 Å². The minimum atomic E-state index is -3.80. The van der Waals surface area contributed by atoms with Gasteiger partial charge in [0.25, 0.3) is 5.91 Å². The van der Waals surface area contributed by atoms with Crippen LogP contribution < -0.4 is 5.32 Å². The van der Waals surface area contributed by atoms with Gasteiger partial charge in [-0.3, -0.25) is 4.79 Å². The Morgan fingerprint density at radius 3 is 2.28 bits per heavy atom. The number of benzene rings is 2. The highest BCUT2D eigenvalue weighted by Gasteiger charge is 2.25. The van der Waals surface area contributed by atoms with E-state index in [1.165, 1.54) is 35.6 Å². The standard InChI is InChI=1S/C20H23ClF2N2O3S/c1-12(2)25(4)29(27,28)14-8-9-17(21)15(11-14)20(26)24-13(3)10-16-18(22)6-5-7-19(16)23/h5-9,11-13H,10H2,1-4H3,(H,24,26)/t13-/m0/s1.